The zero-order valence-corrected chi connectivity index (χ0v) is 11.2. The summed E-state index contributed by atoms with van der Waals surface area (Å²) in [4.78, 5) is 13.6. The van der Waals surface area contributed by atoms with Gasteiger partial charge in [0.1, 0.15) is 4.88 Å². The standard InChI is InChI=1S/C13H19NO2S/c1-13(2)4-3-6-14(7-5-13)10-8-11(12(15)16)17-9-10/h8-9H,3-7H2,1-2H3,(H,15,16). The summed E-state index contributed by atoms with van der Waals surface area (Å²) in [5.41, 5.74) is 1.49. The highest BCUT2D eigenvalue weighted by Gasteiger charge is 2.23. The Morgan fingerprint density at radius 2 is 2.18 bits per heavy atom. The van der Waals surface area contributed by atoms with Gasteiger partial charge in [0.05, 0.1) is 0 Å². The van der Waals surface area contributed by atoms with Crippen LogP contribution in [0.15, 0.2) is 11.4 Å². The summed E-state index contributed by atoms with van der Waals surface area (Å²) in [6.45, 7) is 6.70. The average Bonchev–Trinajstić information content (AvgIpc) is 2.65. The molecule has 1 saturated heterocycles. The minimum absolute atomic E-state index is 0.417. The van der Waals surface area contributed by atoms with Crippen molar-refractivity contribution in [3.63, 3.8) is 0 Å². The lowest BCUT2D eigenvalue weighted by Gasteiger charge is -2.23. The fourth-order valence-electron chi connectivity index (χ4n) is 2.29. The number of hydrogen-bond acceptors (Lipinski definition) is 3. The topological polar surface area (TPSA) is 40.5 Å². The SMILES string of the molecule is CC1(C)CCCN(c2csc(C(=O)O)c2)CC1. The highest BCUT2D eigenvalue weighted by molar-refractivity contribution is 7.12. The first-order chi connectivity index (χ1) is 7.98. The summed E-state index contributed by atoms with van der Waals surface area (Å²) in [5.74, 6) is -0.823. The van der Waals surface area contributed by atoms with Gasteiger partial charge in [0.25, 0.3) is 0 Å². The van der Waals surface area contributed by atoms with Gasteiger partial charge in [0.2, 0.25) is 0 Å². The van der Waals surface area contributed by atoms with E-state index in [9.17, 15) is 4.79 Å². The molecule has 0 amide bonds. The van der Waals surface area contributed by atoms with Crippen molar-refractivity contribution in [3.05, 3.63) is 16.3 Å². The maximum Gasteiger partial charge on any atom is 0.345 e. The first kappa shape index (κ1) is 12.4. The van der Waals surface area contributed by atoms with E-state index >= 15 is 0 Å². The highest BCUT2D eigenvalue weighted by Crippen LogP contribution is 2.33. The lowest BCUT2D eigenvalue weighted by atomic mass is 9.85. The summed E-state index contributed by atoms with van der Waals surface area (Å²) in [6, 6.07) is 1.80. The van der Waals surface area contributed by atoms with Gasteiger partial charge >= 0.3 is 5.97 Å². The van der Waals surface area contributed by atoms with E-state index < -0.39 is 5.97 Å². The number of rotatable bonds is 2. The largest absolute Gasteiger partial charge is 0.477 e. The van der Waals surface area contributed by atoms with E-state index in [1.165, 1.54) is 30.6 Å². The van der Waals surface area contributed by atoms with Crippen molar-refractivity contribution in [3.8, 4) is 0 Å². The second-order valence-corrected chi connectivity index (χ2v) is 6.39. The van der Waals surface area contributed by atoms with Crippen LogP contribution < -0.4 is 4.90 Å². The minimum Gasteiger partial charge on any atom is -0.477 e. The molecule has 1 N–H and O–H groups in total. The molecule has 0 unspecified atom stereocenters. The normalized spacial score (nSPS) is 20.0. The molecule has 1 aliphatic rings. The molecule has 2 rings (SSSR count). The molecule has 1 fully saturated rings. The number of thiophene rings is 1. The van der Waals surface area contributed by atoms with Gasteiger partial charge in [-0.2, -0.15) is 0 Å². The zero-order chi connectivity index (χ0) is 12.5. The molecule has 1 aromatic heterocycles. The molecule has 1 aromatic rings. The smallest absolute Gasteiger partial charge is 0.345 e. The Labute approximate surface area is 106 Å². The molecule has 3 nitrogen and oxygen atoms in total. The summed E-state index contributed by atoms with van der Waals surface area (Å²) in [5, 5.41) is 10.9. The van der Waals surface area contributed by atoms with Crippen molar-refractivity contribution in [2.24, 2.45) is 5.41 Å². The van der Waals surface area contributed by atoms with Crippen LogP contribution in [0.1, 0.15) is 42.8 Å². The van der Waals surface area contributed by atoms with Gasteiger partial charge in [-0.15, -0.1) is 11.3 Å². The second kappa shape index (κ2) is 4.69. The molecule has 0 radical (unpaired) electrons. The van der Waals surface area contributed by atoms with Crippen LogP contribution in [0.25, 0.3) is 0 Å². The number of aromatic carboxylic acids is 1. The van der Waals surface area contributed by atoms with Crippen molar-refractivity contribution in [2.45, 2.75) is 33.1 Å². The van der Waals surface area contributed by atoms with Crippen LogP contribution >= 0.6 is 11.3 Å². The lowest BCUT2D eigenvalue weighted by Crippen LogP contribution is -2.24. The Hall–Kier alpha value is -1.03. The van der Waals surface area contributed by atoms with E-state index in [0.29, 0.717) is 10.3 Å². The first-order valence-electron chi connectivity index (χ1n) is 6.05. The van der Waals surface area contributed by atoms with Crippen molar-refractivity contribution in [1.29, 1.82) is 0 Å². The van der Waals surface area contributed by atoms with Gasteiger partial charge in [-0.05, 0) is 30.7 Å². The van der Waals surface area contributed by atoms with Crippen molar-refractivity contribution < 1.29 is 9.90 Å². The zero-order valence-electron chi connectivity index (χ0n) is 10.4. The van der Waals surface area contributed by atoms with E-state index in [4.69, 9.17) is 5.11 Å². The molecular formula is C13H19NO2S. The number of carboxylic acid groups (broad SMARTS) is 1. The van der Waals surface area contributed by atoms with Crippen molar-refractivity contribution in [2.75, 3.05) is 18.0 Å². The molecule has 0 spiro atoms. The molecular weight excluding hydrogens is 234 g/mol. The van der Waals surface area contributed by atoms with E-state index in [0.717, 1.165) is 18.8 Å². The average molecular weight is 253 g/mol. The first-order valence-corrected chi connectivity index (χ1v) is 6.93. The van der Waals surface area contributed by atoms with E-state index in [2.05, 4.69) is 18.7 Å². The maximum absolute atomic E-state index is 10.9. The Balaban J connectivity index is 2.09. The van der Waals surface area contributed by atoms with E-state index in [1.807, 2.05) is 5.38 Å². The molecule has 0 aromatic carbocycles. The van der Waals surface area contributed by atoms with Gasteiger partial charge in [-0.25, -0.2) is 4.79 Å². The third-order valence-corrected chi connectivity index (χ3v) is 4.41. The van der Waals surface area contributed by atoms with E-state index in [1.54, 1.807) is 6.07 Å². The Morgan fingerprint density at radius 3 is 2.82 bits per heavy atom. The Morgan fingerprint density at radius 1 is 1.41 bits per heavy atom. The maximum atomic E-state index is 10.9. The summed E-state index contributed by atoms with van der Waals surface area (Å²) in [6.07, 6.45) is 3.61. The summed E-state index contributed by atoms with van der Waals surface area (Å²) < 4.78 is 0. The predicted molar refractivity (Wildman–Crippen MR) is 71.1 cm³/mol. The Kier molecular flexibility index (Phi) is 3.43. The quantitative estimate of drug-likeness (QED) is 0.877. The van der Waals surface area contributed by atoms with Gasteiger partial charge in [-0.1, -0.05) is 13.8 Å². The van der Waals surface area contributed by atoms with Gasteiger partial charge in [0, 0.05) is 24.2 Å². The lowest BCUT2D eigenvalue weighted by molar-refractivity contribution is 0.0702. The fraction of sp³-hybridized carbons (Fsp3) is 0.615. The summed E-state index contributed by atoms with van der Waals surface area (Å²) >= 11 is 1.32. The number of nitrogens with zero attached hydrogens (tertiary/aromatic N) is 1. The molecule has 94 valence electrons. The van der Waals surface area contributed by atoms with Gasteiger partial charge < -0.3 is 10.0 Å². The van der Waals surface area contributed by atoms with Crippen LogP contribution in [0.2, 0.25) is 0 Å². The van der Waals surface area contributed by atoms with Gasteiger partial charge in [-0.3, -0.25) is 0 Å². The minimum atomic E-state index is -0.823. The summed E-state index contributed by atoms with van der Waals surface area (Å²) in [7, 11) is 0. The van der Waals surface area contributed by atoms with Crippen LogP contribution in [0.5, 0.6) is 0 Å². The Bertz CT molecular complexity index is 411. The van der Waals surface area contributed by atoms with Crippen LogP contribution in [0.4, 0.5) is 5.69 Å². The predicted octanol–water partition coefficient (Wildman–Crippen LogP) is 3.46. The number of carbonyl (C=O) groups is 1. The second-order valence-electron chi connectivity index (χ2n) is 5.48. The van der Waals surface area contributed by atoms with Crippen molar-refractivity contribution >= 4 is 23.0 Å². The van der Waals surface area contributed by atoms with Crippen molar-refractivity contribution in [1.82, 2.24) is 0 Å². The van der Waals surface area contributed by atoms with Crippen LogP contribution in [0.3, 0.4) is 0 Å². The van der Waals surface area contributed by atoms with Gasteiger partial charge in [0.15, 0.2) is 0 Å². The van der Waals surface area contributed by atoms with Crippen LogP contribution in [-0.4, -0.2) is 24.2 Å². The third-order valence-electron chi connectivity index (χ3n) is 3.50. The number of carboxylic acids is 1. The highest BCUT2D eigenvalue weighted by atomic mass is 32.1. The monoisotopic (exact) mass is 253 g/mol. The number of hydrogen-bond donors (Lipinski definition) is 1. The molecule has 0 atom stereocenters. The number of anilines is 1. The third kappa shape index (κ3) is 3.00. The molecule has 2 heterocycles. The molecule has 1 aliphatic heterocycles. The van der Waals surface area contributed by atoms with Crippen LogP contribution in [-0.2, 0) is 0 Å². The molecule has 0 saturated carbocycles. The molecule has 0 bridgehead atoms. The molecule has 4 heteroatoms. The molecule has 0 aliphatic carbocycles. The van der Waals surface area contributed by atoms with Crippen LogP contribution in [0, 0.1) is 5.41 Å². The fourth-order valence-corrected chi connectivity index (χ4v) is 3.04. The van der Waals surface area contributed by atoms with E-state index in [-0.39, 0.29) is 0 Å². The molecule has 17 heavy (non-hydrogen) atoms.